The topological polar surface area (TPSA) is 40.5 Å². The molecule has 3 nitrogen and oxygen atoms in total. The molecule has 3 heteroatoms. The smallest absolute Gasteiger partial charge is 0.188 e. The third kappa shape index (κ3) is 2.73. The minimum Gasteiger partial charge on any atom is -0.388 e. The van der Waals surface area contributed by atoms with Crippen molar-refractivity contribution < 1.29 is 9.90 Å². The fourth-order valence-corrected chi connectivity index (χ4v) is 4.33. The number of carbonyl (C=O) groups excluding carboxylic acids is 1. The summed E-state index contributed by atoms with van der Waals surface area (Å²) in [6, 6.07) is 16.6. The molecule has 0 unspecified atom stereocenters. The van der Waals surface area contributed by atoms with Crippen LogP contribution in [0.5, 0.6) is 0 Å². The average molecular weight is 321 g/mol. The average Bonchev–Trinajstić information content (AvgIpc) is 3.04. The molecule has 0 saturated carbocycles. The molecular formula is C21H23NO2. The molecule has 0 bridgehead atoms. The molecule has 1 spiro atoms. The quantitative estimate of drug-likeness (QED) is 0.882. The van der Waals surface area contributed by atoms with Crippen LogP contribution in [0.4, 0.5) is 5.69 Å². The van der Waals surface area contributed by atoms with Crippen LogP contribution in [0.25, 0.3) is 0 Å². The lowest BCUT2D eigenvalue weighted by Crippen LogP contribution is -2.33. The number of aliphatic hydroxyl groups excluding tert-OH is 1. The van der Waals surface area contributed by atoms with E-state index in [1.165, 1.54) is 29.7 Å². The first kappa shape index (κ1) is 15.4. The van der Waals surface area contributed by atoms with Gasteiger partial charge in [-0.1, -0.05) is 30.3 Å². The maximum Gasteiger partial charge on any atom is 0.188 e. The normalized spacial score (nSPS) is 22.6. The van der Waals surface area contributed by atoms with Gasteiger partial charge in [0, 0.05) is 24.3 Å². The third-order valence-corrected chi connectivity index (χ3v) is 5.72. The number of benzene rings is 2. The van der Waals surface area contributed by atoms with Crippen LogP contribution < -0.4 is 4.90 Å². The van der Waals surface area contributed by atoms with Crippen LogP contribution in [0.2, 0.25) is 0 Å². The molecule has 0 radical (unpaired) electrons. The first-order valence-corrected chi connectivity index (χ1v) is 8.75. The van der Waals surface area contributed by atoms with Gasteiger partial charge in [-0.3, -0.25) is 4.79 Å². The Morgan fingerprint density at radius 2 is 1.92 bits per heavy atom. The van der Waals surface area contributed by atoms with E-state index in [4.69, 9.17) is 5.11 Å². The lowest BCUT2D eigenvalue weighted by molar-refractivity contribution is 0.0903. The van der Waals surface area contributed by atoms with E-state index in [1.54, 1.807) is 0 Å². The maximum absolute atomic E-state index is 11.8. The monoisotopic (exact) mass is 321 g/mol. The van der Waals surface area contributed by atoms with Gasteiger partial charge >= 0.3 is 0 Å². The number of anilines is 1. The van der Waals surface area contributed by atoms with E-state index in [1.807, 2.05) is 12.1 Å². The zero-order valence-electron chi connectivity index (χ0n) is 13.9. The van der Waals surface area contributed by atoms with Crippen molar-refractivity contribution in [2.24, 2.45) is 5.41 Å². The predicted octanol–water partition coefficient (Wildman–Crippen LogP) is 3.25. The molecule has 2 aromatic rings. The zero-order valence-corrected chi connectivity index (χ0v) is 13.9. The van der Waals surface area contributed by atoms with Gasteiger partial charge in [0.1, 0.15) is 6.61 Å². The van der Waals surface area contributed by atoms with Crippen LogP contribution in [-0.2, 0) is 12.8 Å². The number of aliphatic hydroxyl groups is 1. The summed E-state index contributed by atoms with van der Waals surface area (Å²) in [7, 11) is 0. The number of aryl methyl sites for hydroxylation is 1. The van der Waals surface area contributed by atoms with Gasteiger partial charge in [0.15, 0.2) is 5.78 Å². The van der Waals surface area contributed by atoms with E-state index >= 15 is 0 Å². The van der Waals surface area contributed by atoms with Crippen LogP contribution >= 0.6 is 0 Å². The van der Waals surface area contributed by atoms with E-state index in [0.717, 1.165) is 25.9 Å². The molecular weight excluding hydrogens is 298 g/mol. The molecule has 1 saturated heterocycles. The number of rotatable bonds is 3. The Morgan fingerprint density at radius 3 is 2.71 bits per heavy atom. The lowest BCUT2D eigenvalue weighted by Gasteiger charge is -2.35. The van der Waals surface area contributed by atoms with Gasteiger partial charge in [-0.05, 0) is 60.4 Å². The molecule has 124 valence electrons. The summed E-state index contributed by atoms with van der Waals surface area (Å²) in [6.45, 7) is 1.79. The number of ketones is 1. The van der Waals surface area contributed by atoms with E-state index < -0.39 is 6.61 Å². The Kier molecular flexibility index (Phi) is 3.89. The highest BCUT2D eigenvalue weighted by atomic mass is 16.3. The molecule has 2 aliphatic rings. The Bertz CT molecular complexity index is 756. The molecule has 1 aliphatic carbocycles. The molecule has 1 aliphatic heterocycles. The number of hydrogen-bond acceptors (Lipinski definition) is 3. The molecule has 4 rings (SSSR count). The third-order valence-electron chi connectivity index (χ3n) is 5.72. The van der Waals surface area contributed by atoms with Crippen molar-refractivity contribution in [3.63, 3.8) is 0 Å². The molecule has 0 aromatic heterocycles. The molecule has 1 atom stereocenters. The summed E-state index contributed by atoms with van der Waals surface area (Å²) in [6.07, 6.45) is 4.56. The van der Waals surface area contributed by atoms with Crippen molar-refractivity contribution in [2.45, 2.75) is 25.7 Å². The minimum absolute atomic E-state index is 0.185. The highest BCUT2D eigenvalue weighted by Gasteiger charge is 2.40. The van der Waals surface area contributed by atoms with Crippen LogP contribution in [-0.4, -0.2) is 30.6 Å². The summed E-state index contributed by atoms with van der Waals surface area (Å²) in [5.74, 6) is -0.185. The Hall–Kier alpha value is -2.13. The fourth-order valence-electron chi connectivity index (χ4n) is 4.33. The van der Waals surface area contributed by atoms with Crippen LogP contribution in [0, 0.1) is 5.41 Å². The first-order valence-electron chi connectivity index (χ1n) is 8.75. The second kappa shape index (κ2) is 6.06. The summed E-state index contributed by atoms with van der Waals surface area (Å²) in [4.78, 5) is 14.3. The van der Waals surface area contributed by atoms with Gasteiger partial charge in [0.2, 0.25) is 0 Å². The summed E-state index contributed by atoms with van der Waals surface area (Å²) in [5.41, 5.74) is 4.95. The SMILES string of the molecule is O=C(CO)c1ccc2c(c1)C[C@@]1(CC2)CCN(c2ccccc2)C1. The van der Waals surface area contributed by atoms with E-state index in [9.17, 15) is 4.79 Å². The summed E-state index contributed by atoms with van der Waals surface area (Å²) < 4.78 is 0. The summed E-state index contributed by atoms with van der Waals surface area (Å²) >= 11 is 0. The van der Waals surface area contributed by atoms with Crippen molar-refractivity contribution >= 4 is 11.5 Å². The number of nitrogens with zero attached hydrogens (tertiary/aromatic N) is 1. The Morgan fingerprint density at radius 1 is 1.08 bits per heavy atom. The van der Waals surface area contributed by atoms with E-state index in [2.05, 4.69) is 41.3 Å². The molecule has 1 fully saturated rings. The van der Waals surface area contributed by atoms with Gasteiger partial charge in [0.05, 0.1) is 0 Å². The van der Waals surface area contributed by atoms with Gasteiger partial charge in [0.25, 0.3) is 0 Å². The van der Waals surface area contributed by atoms with Crippen molar-refractivity contribution in [1.82, 2.24) is 0 Å². The van der Waals surface area contributed by atoms with Crippen molar-refractivity contribution in [1.29, 1.82) is 0 Å². The molecule has 24 heavy (non-hydrogen) atoms. The zero-order chi connectivity index (χ0) is 16.6. The summed E-state index contributed by atoms with van der Waals surface area (Å²) in [5, 5.41) is 9.10. The number of hydrogen-bond donors (Lipinski definition) is 1. The minimum atomic E-state index is -0.411. The second-order valence-electron chi connectivity index (χ2n) is 7.25. The molecule has 1 N–H and O–H groups in total. The van der Waals surface area contributed by atoms with Crippen LogP contribution in [0.1, 0.15) is 34.3 Å². The van der Waals surface area contributed by atoms with Gasteiger partial charge in [-0.25, -0.2) is 0 Å². The number of para-hydroxylation sites is 1. The maximum atomic E-state index is 11.8. The highest BCUT2D eigenvalue weighted by molar-refractivity contribution is 5.97. The van der Waals surface area contributed by atoms with Crippen LogP contribution in [0.15, 0.2) is 48.5 Å². The van der Waals surface area contributed by atoms with E-state index in [0.29, 0.717) is 11.0 Å². The highest BCUT2D eigenvalue weighted by Crippen LogP contribution is 2.44. The van der Waals surface area contributed by atoms with Crippen molar-refractivity contribution in [2.75, 3.05) is 24.6 Å². The van der Waals surface area contributed by atoms with E-state index in [-0.39, 0.29) is 5.78 Å². The fraction of sp³-hybridized carbons (Fsp3) is 0.381. The van der Waals surface area contributed by atoms with Gasteiger partial charge < -0.3 is 10.0 Å². The molecule has 2 aromatic carbocycles. The predicted molar refractivity (Wildman–Crippen MR) is 95.6 cm³/mol. The lowest BCUT2D eigenvalue weighted by atomic mass is 9.70. The Balaban J connectivity index is 1.56. The molecule has 0 amide bonds. The van der Waals surface area contributed by atoms with Crippen molar-refractivity contribution in [3.8, 4) is 0 Å². The first-order chi connectivity index (χ1) is 11.7. The molecule has 1 heterocycles. The largest absolute Gasteiger partial charge is 0.388 e. The number of fused-ring (bicyclic) bond motifs is 1. The standard InChI is InChI=1S/C21H23NO2/c23-14-20(24)17-7-6-16-8-9-21(13-18(16)12-17)10-11-22(15-21)19-4-2-1-3-5-19/h1-7,12,23H,8-11,13-15H2/t21-/m1/s1. The number of Topliss-reactive ketones (excluding diaryl/α,β-unsaturated/α-hetero) is 1. The van der Waals surface area contributed by atoms with Gasteiger partial charge in [-0.2, -0.15) is 0 Å². The second-order valence-corrected chi connectivity index (χ2v) is 7.25. The van der Waals surface area contributed by atoms with Crippen LogP contribution in [0.3, 0.4) is 0 Å². The van der Waals surface area contributed by atoms with Gasteiger partial charge in [-0.15, -0.1) is 0 Å². The number of carbonyl (C=O) groups is 1. The van der Waals surface area contributed by atoms with Crippen molar-refractivity contribution in [3.05, 3.63) is 65.2 Å². The Labute approximate surface area is 142 Å².